The number of hydrogen-bond donors (Lipinski definition) is 1. The van der Waals surface area contributed by atoms with Crippen LogP contribution in [0.2, 0.25) is 0 Å². The molecule has 3 nitrogen and oxygen atoms in total. The van der Waals surface area contributed by atoms with E-state index in [1.807, 2.05) is 41.3 Å². The number of hydrogen-bond acceptors (Lipinski definition) is 2. The first-order valence-electron chi connectivity index (χ1n) is 7.47. The van der Waals surface area contributed by atoms with Gasteiger partial charge in [0.1, 0.15) is 0 Å². The lowest BCUT2D eigenvalue weighted by atomic mass is 10.1. The Morgan fingerprint density at radius 3 is 2.57 bits per heavy atom. The van der Waals surface area contributed by atoms with Gasteiger partial charge in [0.2, 0.25) is 5.91 Å². The van der Waals surface area contributed by atoms with Crippen LogP contribution < -0.4 is 10.6 Å². The van der Waals surface area contributed by atoms with Gasteiger partial charge in [-0.1, -0.05) is 30.3 Å². The van der Waals surface area contributed by atoms with Gasteiger partial charge in [0.25, 0.3) is 0 Å². The molecule has 0 bridgehead atoms. The van der Waals surface area contributed by atoms with Gasteiger partial charge in [-0.3, -0.25) is 4.79 Å². The SMILES string of the molecule is Nc1ccc(CCN2C(=O)CCCc3ccccc32)cc1. The van der Waals surface area contributed by atoms with Gasteiger partial charge >= 0.3 is 0 Å². The predicted molar refractivity (Wildman–Crippen MR) is 86.3 cm³/mol. The lowest BCUT2D eigenvalue weighted by molar-refractivity contribution is -0.118. The van der Waals surface area contributed by atoms with Crippen molar-refractivity contribution in [3.63, 3.8) is 0 Å². The lowest BCUT2D eigenvalue weighted by Crippen LogP contribution is -2.32. The topological polar surface area (TPSA) is 46.3 Å². The van der Waals surface area contributed by atoms with Crippen LogP contribution in [-0.4, -0.2) is 12.5 Å². The summed E-state index contributed by atoms with van der Waals surface area (Å²) in [6.45, 7) is 0.722. The van der Waals surface area contributed by atoms with Crippen molar-refractivity contribution in [1.29, 1.82) is 0 Å². The maximum absolute atomic E-state index is 12.4. The molecule has 0 radical (unpaired) electrons. The van der Waals surface area contributed by atoms with Crippen LogP contribution in [-0.2, 0) is 17.6 Å². The minimum absolute atomic E-state index is 0.232. The van der Waals surface area contributed by atoms with Crippen LogP contribution in [0.25, 0.3) is 0 Å². The van der Waals surface area contributed by atoms with Crippen LogP contribution in [0.15, 0.2) is 48.5 Å². The minimum Gasteiger partial charge on any atom is -0.399 e. The fourth-order valence-electron chi connectivity index (χ4n) is 2.86. The minimum atomic E-state index is 0.232. The molecular formula is C18H20N2O. The van der Waals surface area contributed by atoms with Crippen LogP contribution in [0.3, 0.4) is 0 Å². The molecule has 1 aliphatic rings. The van der Waals surface area contributed by atoms with E-state index in [-0.39, 0.29) is 5.91 Å². The number of amides is 1. The normalized spacial score (nSPS) is 14.7. The van der Waals surface area contributed by atoms with E-state index in [1.54, 1.807) is 0 Å². The number of carbonyl (C=O) groups excluding carboxylic acids is 1. The van der Waals surface area contributed by atoms with Crippen molar-refractivity contribution in [2.24, 2.45) is 0 Å². The van der Waals surface area contributed by atoms with Crippen molar-refractivity contribution in [3.8, 4) is 0 Å². The fraction of sp³-hybridized carbons (Fsp3) is 0.278. The number of nitrogen functional groups attached to an aromatic ring is 1. The molecule has 0 aromatic heterocycles. The van der Waals surface area contributed by atoms with E-state index in [4.69, 9.17) is 5.73 Å². The fourth-order valence-corrected chi connectivity index (χ4v) is 2.86. The second-order valence-corrected chi connectivity index (χ2v) is 5.52. The maximum Gasteiger partial charge on any atom is 0.227 e. The van der Waals surface area contributed by atoms with E-state index in [0.29, 0.717) is 6.42 Å². The molecule has 1 amide bonds. The molecule has 21 heavy (non-hydrogen) atoms. The Morgan fingerprint density at radius 1 is 1.00 bits per heavy atom. The smallest absolute Gasteiger partial charge is 0.227 e. The Labute approximate surface area is 125 Å². The molecule has 0 aliphatic carbocycles. The van der Waals surface area contributed by atoms with Crippen molar-refractivity contribution < 1.29 is 4.79 Å². The number of carbonyl (C=O) groups is 1. The van der Waals surface area contributed by atoms with Crippen molar-refractivity contribution in [3.05, 3.63) is 59.7 Å². The third kappa shape index (κ3) is 3.07. The van der Waals surface area contributed by atoms with Gasteiger partial charge in [0.15, 0.2) is 0 Å². The first-order valence-corrected chi connectivity index (χ1v) is 7.47. The zero-order chi connectivity index (χ0) is 14.7. The zero-order valence-corrected chi connectivity index (χ0v) is 12.1. The highest BCUT2D eigenvalue weighted by Gasteiger charge is 2.21. The van der Waals surface area contributed by atoms with Crippen LogP contribution in [0.1, 0.15) is 24.0 Å². The van der Waals surface area contributed by atoms with Gasteiger partial charge in [0, 0.05) is 24.3 Å². The van der Waals surface area contributed by atoms with Crippen molar-refractivity contribution >= 4 is 17.3 Å². The number of fused-ring (bicyclic) bond motifs is 1. The van der Waals surface area contributed by atoms with E-state index >= 15 is 0 Å². The molecular weight excluding hydrogens is 260 g/mol. The summed E-state index contributed by atoms with van der Waals surface area (Å²) >= 11 is 0. The van der Waals surface area contributed by atoms with E-state index in [0.717, 1.165) is 37.2 Å². The van der Waals surface area contributed by atoms with Crippen LogP contribution >= 0.6 is 0 Å². The van der Waals surface area contributed by atoms with Gasteiger partial charge in [-0.2, -0.15) is 0 Å². The van der Waals surface area contributed by atoms with E-state index < -0.39 is 0 Å². The molecule has 2 N–H and O–H groups in total. The second-order valence-electron chi connectivity index (χ2n) is 5.52. The number of para-hydroxylation sites is 1. The average Bonchev–Trinajstić information content (AvgIpc) is 2.65. The lowest BCUT2D eigenvalue weighted by Gasteiger charge is -2.23. The molecule has 2 aromatic rings. The Balaban J connectivity index is 1.79. The molecule has 0 unspecified atom stereocenters. The number of rotatable bonds is 3. The average molecular weight is 280 g/mol. The standard InChI is InChI=1S/C18H20N2O/c19-16-10-8-14(9-11-16)12-13-20-17-6-2-1-4-15(17)5-3-7-18(20)21/h1-2,4,6,8-11H,3,5,7,12-13,19H2. The van der Waals surface area contributed by atoms with Gasteiger partial charge in [-0.05, 0) is 48.6 Å². The number of aryl methyl sites for hydroxylation is 1. The first-order chi connectivity index (χ1) is 10.2. The third-order valence-corrected chi connectivity index (χ3v) is 4.02. The van der Waals surface area contributed by atoms with Crippen molar-refractivity contribution in [2.75, 3.05) is 17.2 Å². The highest BCUT2D eigenvalue weighted by molar-refractivity contribution is 5.94. The molecule has 1 heterocycles. The molecule has 0 fully saturated rings. The molecule has 2 aromatic carbocycles. The largest absolute Gasteiger partial charge is 0.399 e. The Bertz CT molecular complexity index is 634. The summed E-state index contributed by atoms with van der Waals surface area (Å²) in [6, 6.07) is 16.1. The van der Waals surface area contributed by atoms with Gasteiger partial charge in [-0.15, -0.1) is 0 Å². The quantitative estimate of drug-likeness (QED) is 0.878. The maximum atomic E-state index is 12.4. The Hall–Kier alpha value is -2.29. The molecule has 0 saturated carbocycles. The summed E-state index contributed by atoms with van der Waals surface area (Å²) in [5, 5.41) is 0. The van der Waals surface area contributed by atoms with Gasteiger partial charge < -0.3 is 10.6 Å². The van der Waals surface area contributed by atoms with Crippen LogP contribution in [0.4, 0.5) is 11.4 Å². The number of anilines is 2. The molecule has 3 heteroatoms. The highest BCUT2D eigenvalue weighted by atomic mass is 16.2. The molecule has 1 aliphatic heterocycles. The van der Waals surface area contributed by atoms with Crippen LogP contribution in [0, 0.1) is 0 Å². The van der Waals surface area contributed by atoms with Crippen molar-refractivity contribution in [1.82, 2.24) is 0 Å². The summed E-state index contributed by atoms with van der Waals surface area (Å²) in [7, 11) is 0. The van der Waals surface area contributed by atoms with Gasteiger partial charge in [0.05, 0.1) is 0 Å². The van der Waals surface area contributed by atoms with E-state index in [9.17, 15) is 4.79 Å². The molecule has 108 valence electrons. The number of nitrogens with zero attached hydrogens (tertiary/aromatic N) is 1. The zero-order valence-electron chi connectivity index (χ0n) is 12.1. The number of benzene rings is 2. The summed E-state index contributed by atoms with van der Waals surface area (Å²) in [4.78, 5) is 14.3. The highest BCUT2D eigenvalue weighted by Crippen LogP contribution is 2.27. The molecule has 0 saturated heterocycles. The third-order valence-electron chi connectivity index (χ3n) is 4.02. The summed E-state index contributed by atoms with van der Waals surface area (Å²) in [6.07, 6.45) is 3.41. The van der Waals surface area contributed by atoms with E-state index in [2.05, 4.69) is 12.1 Å². The Morgan fingerprint density at radius 2 is 1.76 bits per heavy atom. The molecule has 3 rings (SSSR count). The summed E-state index contributed by atoms with van der Waals surface area (Å²) in [5.74, 6) is 0.232. The van der Waals surface area contributed by atoms with Crippen molar-refractivity contribution in [2.45, 2.75) is 25.7 Å². The monoisotopic (exact) mass is 280 g/mol. The number of nitrogens with two attached hydrogens (primary N) is 1. The predicted octanol–water partition coefficient (Wildman–Crippen LogP) is 3.18. The van der Waals surface area contributed by atoms with E-state index in [1.165, 1.54) is 11.1 Å². The Kier molecular flexibility index (Phi) is 3.91. The summed E-state index contributed by atoms with van der Waals surface area (Å²) < 4.78 is 0. The van der Waals surface area contributed by atoms with Gasteiger partial charge in [-0.25, -0.2) is 0 Å². The first kappa shape index (κ1) is 13.7. The summed E-state index contributed by atoms with van der Waals surface area (Å²) in [5.41, 5.74) is 10.0. The molecule has 0 spiro atoms. The second kappa shape index (κ2) is 6.00. The van der Waals surface area contributed by atoms with Crippen LogP contribution in [0.5, 0.6) is 0 Å². The molecule has 0 atom stereocenters.